The molecule has 0 aliphatic rings. The SMILES string of the molecule is CN(CS)c1ccc(Br)s1. The van der Waals surface area contributed by atoms with Gasteiger partial charge in [-0.25, -0.2) is 0 Å². The van der Waals surface area contributed by atoms with Gasteiger partial charge in [0.05, 0.1) is 14.7 Å². The third-order valence-corrected chi connectivity index (χ3v) is 3.31. The van der Waals surface area contributed by atoms with Crippen LogP contribution in [-0.4, -0.2) is 12.9 Å². The molecule has 0 unspecified atom stereocenters. The standard InChI is InChI=1S/C6H8BrNS2/c1-8(4-9)6-3-2-5(7)10-6/h2-3,9H,4H2,1H3. The lowest BCUT2D eigenvalue weighted by Gasteiger charge is -2.11. The predicted octanol–water partition coefficient (Wildman–Crippen LogP) is 2.83. The smallest absolute Gasteiger partial charge is 0.0924 e. The van der Waals surface area contributed by atoms with Gasteiger partial charge < -0.3 is 4.90 Å². The van der Waals surface area contributed by atoms with Crippen molar-refractivity contribution in [1.29, 1.82) is 0 Å². The van der Waals surface area contributed by atoms with Gasteiger partial charge in [0.2, 0.25) is 0 Å². The lowest BCUT2D eigenvalue weighted by atomic mass is 10.6. The molecule has 0 amide bonds. The van der Waals surface area contributed by atoms with Gasteiger partial charge in [-0.05, 0) is 28.1 Å². The second-order valence-corrected chi connectivity index (χ2v) is 4.64. The van der Waals surface area contributed by atoms with Crippen molar-refractivity contribution in [2.24, 2.45) is 0 Å². The highest BCUT2D eigenvalue weighted by Gasteiger charge is 1.99. The van der Waals surface area contributed by atoms with E-state index in [2.05, 4.69) is 39.5 Å². The van der Waals surface area contributed by atoms with Gasteiger partial charge in [-0.15, -0.1) is 11.3 Å². The van der Waals surface area contributed by atoms with E-state index in [0.29, 0.717) is 0 Å². The maximum atomic E-state index is 4.15. The quantitative estimate of drug-likeness (QED) is 0.612. The number of thiophene rings is 1. The van der Waals surface area contributed by atoms with Crippen molar-refractivity contribution in [2.75, 3.05) is 17.8 Å². The monoisotopic (exact) mass is 237 g/mol. The summed E-state index contributed by atoms with van der Waals surface area (Å²) in [6.45, 7) is 0. The van der Waals surface area contributed by atoms with E-state index in [-0.39, 0.29) is 0 Å². The first-order valence-corrected chi connectivity index (χ1v) is 5.05. The van der Waals surface area contributed by atoms with Crippen molar-refractivity contribution in [1.82, 2.24) is 0 Å². The van der Waals surface area contributed by atoms with E-state index in [1.807, 2.05) is 13.1 Å². The first-order valence-electron chi connectivity index (χ1n) is 2.81. The van der Waals surface area contributed by atoms with Crippen LogP contribution in [0.3, 0.4) is 0 Å². The Morgan fingerprint density at radius 1 is 1.70 bits per heavy atom. The minimum absolute atomic E-state index is 0.757. The van der Waals surface area contributed by atoms with Crippen molar-refractivity contribution >= 4 is 44.9 Å². The van der Waals surface area contributed by atoms with Crippen LogP contribution in [0.2, 0.25) is 0 Å². The largest absolute Gasteiger partial charge is 0.357 e. The van der Waals surface area contributed by atoms with Crippen molar-refractivity contribution in [3.63, 3.8) is 0 Å². The van der Waals surface area contributed by atoms with E-state index in [1.54, 1.807) is 11.3 Å². The minimum Gasteiger partial charge on any atom is -0.357 e. The highest BCUT2D eigenvalue weighted by Crippen LogP contribution is 2.28. The molecule has 56 valence electrons. The highest BCUT2D eigenvalue weighted by atomic mass is 79.9. The Hall–Kier alpha value is 0.330. The molecule has 1 aromatic heterocycles. The van der Waals surface area contributed by atoms with E-state index in [9.17, 15) is 0 Å². The Kier molecular flexibility index (Phi) is 3.07. The molecule has 1 aromatic rings. The van der Waals surface area contributed by atoms with Gasteiger partial charge in [0, 0.05) is 7.05 Å². The number of nitrogens with zero attached hydrogens (tertiary/aromatic N) is 1. The summed E-state index contributed by atoms with van der Waals surface area (Å²) in [6, 6.07) is 4.12. The van der Waals surface area contributed by atoms with Crippen LogP contribution in [0.1, 0.15) is 0 Å². The van der Waals surface area contributed by atoms with Crippen molar-refractivity contribution in [3.8, 4) is 0 Å². The third kappa shape index (κ3) is 1.90. The number of hydrogen-bond donors (Lipinski definition) is 1. The lowest BCUT2D eigenvalue weighted by Crippen LogP contribution is -2.12. The number of hydrogen-bond acceptors (Lipinski definition) is 3. The zero-order chi connectivity index (χ0) is 7.56. The van der Waals surface area contributed by atoms with Crippen molar-refractivity contribution in [3.05, 3.63) is 15.9 Å². The molecule has 0 radical (unpaired) electrons. The van der Waals surface area contributed by atoms with E-state index >= 15 is 0 Å². The van der Waals surface area contributed by atoms with Crippen LogP contribution in [0.25, 0.3) is 0 Å². The van der Waals surface area contributed by atoms with Crippen LogP contribution >= 0.6 is 39.9 Å². The molecule has 0 aliphatic heterocycles. The van der Waals surface area contributed by atoms with Crippen LogP contribution < -0.4 is 4.90 Å². The molecule has 0 bridgehead atoms. The fraction of sp³-hybridized carbons (Fsp3) is 0.333. The summed E-state index contributed by atoms with van der Waals surface area (Å²) in [4.78, 5) is 2.08. The number of halogens is 1. The van der Waals surface area contributed by atoms with E-state index in [4.69, 9.17) is 0 Å². The molecule has 0 atom stereocenters. The fourth-order valence-electron chi connectivity index (χ4n) is 0.580. The molecule has 0 aliphatic carbocycles. The number of thiol groups is 1. The maximum absolute atomic E-state index is 4.15. The Morgan fingerprint density at radius 2 is 2.40 bits per heavy atom. The normalized spacial score (nSPS) is 9.90. The first kappa shape index (κ1) is 8.43. The van der Waals surface area contributed by atoms with Crippen LogP contribution in [-0.2, 0) is 0 Å². The van der Waals surface area contributed by atoms with Gasteiger partial charge in [-0.3, -0.25) is 0 Å². The lowest BCUT2D eigenvalue weighted by molar-refractivity contribution is 1.12. The Bertz CT molecular complexity index is 211. The summed E-state index contributed by atoms with van der Waals surface area (Å²) < 4.78 is 1.16. The Morgan fingerprint density at radius 3 is 2.80 bits per heavy atom. The predicted molar refractivity (Wildman–Crippen MR) is 54.3 cm³/mol. The molecule has 4 heteroatoms. The summed E-state index contributed by atoms with van der Waals surface area (Å²) in [5.41, 5.74) is 0. The van der Waals surface area contributed by atoms with Crippen LogP contribution in [0, 0.1) is 0 Å². The minimum atomic E-state index is 0.757. The molecule has 0 spiro atoms. The van der Waals surface area contributed by atoms with Gasteiger partial charge in [-0.2, -0.15) is 12.6 Å². The van der Waals surface area contributed by atoms with E-state index in [1.165, 1.54) is 5.00 Å². The second-order valence-electron chi connectivity index (χ2n) is 1.92. The molecule has 1 heterocycles. The molecule has 0 fully saturated rings. The molecule has 1 rings (SSSR count). The average Bonchev–Trinajstić information content (AvgIpc) is 2.34. The first-order chi connectivity index (χ1) is 4.74. The van der Waals surface area contributed by atoms with Gasteiger partial charge in [0.1, 0.15) is 0 Å². The molecule has 0 N–H and O–H groups in total. The zero-order valence-electron chi connectivity index (χ0n) is 5.54. The van der Waals surface area contributed by atoms with Crippen LogP contribution in [0.5, 0.6) is 0 Å². The summed E-state index contributed by atoms with van der Waals surface area (Å²) in [5, 5.41) is 1.24. The molecular formula is C6H8BrNS2. The van der Waals surface area contributed by atoms with Gasteiger partial charge >= 0.3 is 0 Å². The summed E-state index contributed by atoms with van der Waals surface area (Å²) in [5.74, 6) is 0.757. The van der Waals surface area contributed by atoms with Crippen molar-refractivity contribution < 1.29 is 0 Å². The summed E-state index contributed by atoms with van der Waals surface area (Å²) in [7, 11) is 2.02. The summed E-state index contributed by atoms with van der Waals surface area (Å²) in [6.07, 6.45) is 0. The topological polar surface area (TPSA) is 3.24 Å². The fourth-order valence-corrected chi connectivity index (χ4v) is 2.15. The molecule has 0 saturated carbocycles. The van der Waals surface area contributed by atoms with Crippen LogP contribution in [0.15, 0.2) is 15.9 Å². The molecule has 0 aromatic carbocycles. The van der Waals surface area contributed by atoms with Gasteiger partial charge in [0.25, 0.3) is 0 Å². The van der Waals surface area contributed by atoms with E-state index < -0.39 is 0 Å². The second kappa shape index (κ2) is 3.64. The molecule has 10 heavy (non-hydrogen) atoms. The number of anilines is 1. The zero-order valence-corrected chi connectivity index (χ0v) is 8.84. The Labute approximate surface area is 78.6 Å². The van der Waals surface area contributed by atoms with Crippen LogP contribution in [0.4, 0.5) is 5.00 Å². The van der Waals surface area contributed by atoms with Gasteiger partial charge in [0.15, 0.2) is 0 Å². The molecule has 1 nitrogen and oxygen atoms in total. The number of rotatable bonds is 2. The molecule has 0 saturated heterocycles. The maximum Gasteiger partial charge on any atom is 0.0924 e. The van der Waals surface area contributed by atoms with E-state index in [0.717, 1.165) is 9.66 Å². The molecular weight excluding hydrogens is 230 g/mol. The summed E-state index contributed by atoms with van der Waals surface area (Å²) >= 11 is 9.26. The highest BCUT2D eigenvalue weighted by molar-refractivity contribution is 9.11. The van der Waals surface area contributed by atoms with Crippen molar-refractivity contribution in [2.45, 2.75) is 0 Å². The average molecular weight is 238 g/mol. The Balaban J connectivity index is 2.74. The third-order valence-electron chi connectivity index (χ3n) is 1.15. The van der Waals surface area contributed by atoms with Gasteiger partial charge in [-0.1, -0.05) is 0 Å².